The number of methoxy groups -OCH3 is 1. The molecule has 27 heavy (non-hydrogen) atoms. The molecule has 0 bridgehead atoms. The van der Waals surface area contributed by atoms with Gasteiger partial charge in [0, 0.05) is 29.7 Å². The van der Waals surface area contributed by atoms with Crippen LogP contribution < -0.4 is 15.4 Å². The Hall–Kier alpha value is -3.06. The number of para-hydroxylation sites is 1. The van der Waals surface area contributed by atoms with Gasteiger partial charge in [0.15, 0.2) is 5.96 Å². The first kappa shape index (κ1) is 18.7. The molecule has 140 valence electrons. The molecule has 0 unspecified atom stereocenters. The van der Waals surface area contributed by atoms with Crippen molar-refractivity contribution < 1.29 is 9.26 Å². The molecule has 0 aliphatic carbocycles. The Bertz CT molecular complexity index is 908. The average molecular weight is 386 g/mol. The Morgan fingerprint density at radius 3 is 2.59 bits per heavy atom. The van der Waals surface area contributed by atoms with Gasteiger partial charge in [-0.3, -0.25) is 4.99 Å². The predicted octanol–water partition coefficient (Wildman–Crippen LogP) is 3.26. The monoisotopic (exact) mass is 385 g/mol. The van der Waals surface area contributed by atoms with Crippen molar-refractivity contribution in [3.8, 4) is 17.1 Å². The molecular weight excluding hydrogens is 366 g/mol. The summed E-state index contributed by atoms with van der Waals surface area (Å²) in [4.78, 5) is 8.57. The van der Waals surface area contributed by atoms with Crippen LogP contribution in [0.15, 0.2) is 58.0 Å². The summed E-state index contributed by atoms with van der Waals surface area (Å²) in [6.07, 6.45) is 0. The summed E-state index contributed by atoms with van der Waals surface area (Å²) in [5.74, 6) is 2.41. The highest BCUT2D eigenvalue weighted by atomic mass is 35.5. The molecule has 7 nitrogen and oxygen atoms in total. The minimum absolute atomic E-state index is 0.353. The molecule has 2 N–H and O–H groups in total. The van der Waals surface area contributed by atoms with Crippen LogP contribution in [-0.4, -0.2) is 30.3 Å². The summed E-state index contributed by atoms with van der Waals surface area (Å²) >= 11 is 5.90. The Morgan fingerprint density at radius 2 is 1.85 bits per heavy atom. The fourth-order valence-electron chi connectivity index (χ4n) is 2.45. The number of guanidine groups is 1. The molecule has 0 aliphatic heterocycles. The zero-order chi connectivity index (χ0) is 19.1. The lowest BCUT2D eigenvalue weighted by atomic mass is 10.2. The van der Waals surface area contributed by atoms with Crippen molar-refractivity contribution in [1.29, 1.82) is 0 Å². The number of hydrogen-bond donors (Lipinski definition) is 2. The minimum atomic E-state index is 0.353. The van der Waals surface area contributed by atoms with E-state index in [1.54, 1.807) is 26.3 Å². The van der Waals surface area contributed by atoms with Gasteiger partial charge >= 0.3 is 0 Å². The molecule has 0 spiro atoms. The number of benzene rings is 2. The van der Waals surface area contributed by atoms with Crippen molar-refractivity contribution in [3.05, 3.63) is 65.0 Å². The molecule has 0 saturated heterocycles. The normalized spacial score (nSPS) is 11.3. The van der Waals surface area contributed by atoms with Crippen LogP contribution in [-0.2, 0) is 13.1 Å². The van der Waals surface area contributed by atoms with Gasteiger partial charge in [0.05, 0.1) is 13.7 Å². The predicted molar refractivity (Wildman–Crippen MR) is 105 cm³/mol. The summed E-state index contributed by atoms with van der Waals surface area (Å²) in [5, 5.41) is 11.0. The van der Waals surface area contributed by atoms with Gasteiger partial charge in [-0.2, -0.15) is 4.98 Å². The number of ether oxygens (including phenoxy) is 1. The molecule has 0 radical (unpaired) electrons. The molecule has 2 aromatic carbocycles. The zero-order valence-corrected chi connectivity index (χ0v) is 15.8. The van der Waals surface area contributed by atoms with Crippen LogP contribution in [0.2, 0.25) is 5.02 Å². The molecule has 1 aromatic heterocycles. The van der Waals surface area contributed by atoms with Crippen LogP contribution >= 0.6 is 11.6 Å². The van der Waals surface area contributed by atoms with E-state index >= 15 is 0 Å². The van der Waals surface area contributed by atoms with Gasteiger partial charge in [0.25, 0.3) is 0 Å². The van der Waals surface area contributed by atoms with Gasteiger partial charge in [0.1, 0.15) is 5.75 Å². The van der Waals surface area contributed by atoms with E-state index in [1.807, 2.05) is 36.4 Å². The quantitative estimate of drug-likeness (QED) is 0.500. The highest BCUT2D eigenvalue weighted by molar-refractivity contribution is 6.30. The summed E-state index contributed by atoms with van der Waals surface area (Å²) < 4.78 is 10.6. The van der Waals surface area contributed by atoms with Crippen LogP contribution in [0.25, 0.3) is 11.4 Å². The minimum Gasteiger partial charge on any atom is -0.496 e. The summed E-state index contributed by atoms with van der Waals surface area (Å²) in [7, 11) is 3.35. The highest BCUT2D eigenvalue weighted by Gasteiger charge is 2.09. The first-order valence-corrected chi connectivity index (χ1v) is 8.72. The van der Waals surface area contributed by atoms with E-state index in [-0.39, 0.29) is 0 Å². The largest absolute Gasteiger partial charge is 0.496 e. The molecular formula is C19H20ClN5O2. The van der Waals surface area contributed by atoms with Crippen molar-refractivity contribution >= 4 is 17.6 Å². The Balaban J connectivity index is 1.56. The SMILES string of the molecule is CN=C(NCc1nc(-c2ccc(Cl)cc2)no1)NCc1ccccc1OC. The van der Waals surface area contributed by atoms with Crippen LogP contribution in [0.4, 0.5) is 0 Å². The van der Waals surface area contributed by atoms with E-state index in [9.17, 15) is 0 Å². The second-order valence-corrected chi connectivity index (χ2v) is 6.05. The Morgan fingerprint density at radius 1 is 1.11 bits per heavy atom. The Labute approximate surface area is 162 Å². The summed E-state index contributed by atoms with van der Waals surface area (Å²) in [6, 6.07) is 15.1. The van der Waals surface area contributed by atoms with Crippen LogP contribution in [0, 0.1) is 0 Å². The van der Waals surface area contributed by atoms with E-state index in [1.165, 1.54) is 0 Å². The van der Waals surface area contributed by atoms with E-state index in [2.05, 4.69) is 25.8 Å². The number of rotatable bonds is 6. The maximum absolute atomic E-state index is 5.90. The lowest BCUT2D eigenvalue weighted by Gasteiger charge is -2.12. The van der Waals surface area contributed by atoms with Gasteiger partial charge in [0.2, 0.25) is 11.7 Å². The molecule has 0 atom stereocenters. The lowest BCUT2D eigenvalue weighted by molar-refractivity contribution is 0.375. The highest BCUT2D eigenvalue weighted by Crippen LogP contribution is 2.19. The molecule has 0 saturated carbocycles. The number of nitrogens with zero attached hydrogens (tertiary/aromatic N) is 3. The van der Waals surface area contributed by atoms with Crippen molar-refractivity contribution in [2.24, 2.45) is 4.99 Å². The number of halogens is 1. The number of nitrogens with one attached hydrogen (secondary N) is 2. The van der Waals surface area contributed by atoms with Crippen LogP contribution in [0.1, 0.15) is 11.5 Å². The number of aromatic nitrogens is 2. The van der Waals surface area contributed by atoms with Crippen molar-refractivity contribution in [1.82, 2.24) is 20.8 Å². The second kappa shape index (κ2) is 9.05. The average Bonchev–Trinajstić information content (AvgIpc) is 3.18. The zero-order valence-electron chi connectivity index (χ0n) is 15.1. The molecule has 0 amide bonds. The molecule has 1 heterocycles. The maximum Gasteiger partial charge on any atom is 0.246 e. The lowest BCUT2D eigenvalue weighted by Crippen LogP contribution is -2.36. The van der Waals surface area contributed by atoms with Gasteiger partial charge in [-0.05, 0) is 30.3 Å². The number of hydrogen-bond acceptors (Lipinski definition) is 5. The summed E-state index contributed by atoms with van der Waals surface area (Å²) in [5.41, 5.74) is 1.87. The fourth-order valence-corrected chi connectivity index (χ4v) is 2.58. The topological polar surface area (TPSA) is 84.6 Å². The maximum atomic E-state index is 5.90. The first-order chi connectivity index (χ1) is 13.2. The molecule has 0 aliphatic rings. The third-order valence-corrected chi connectivity index (χ3v) is 4.09. The van der Waals surface area contributed by atoms with Gasteiger partial charge in [-0.15, -0.1) is 0 Å². The molecule has 3 rings (SSSR count). The molecule has 0 fully saturated rings. The van der Waals surface area contributed by atoms with Crippen molar-refractivity contribution in [2.45, 2.75) is 13.1 Å². The standard InChI is InChI=1S/C19H20ClN5O2/c1-21-19(22-11-14-5-3-4-6-16(14)26-2)23-12-17-24-18(25-27-17)13-7-9-15(20)10-8-13/h3-10H,11-12H2,1-2H3,(H2,21,22,23). The van der Waals surface area contributed by atoms with Crippen molar-refractivity contribution in [3.63, 3.8) is 0 Å². The second-order valence-electron chi connectivity index (χ2n) is 5.61. The third kappa shape index (κ3) is 4.98. The Kier molecular flexibility index (Phi) is 6.27. The first-order valence-electron chi connectivity index (χ1n) is 8.34. The molecule has 8 heteroatoms. The van der Waals surface area contributed by atoms with E-state index < -0.39 is 0 Å². The van der Waals surface area contributed by atoms with E-state index in [4.69, 9.17) is 20.9 Å². The van der Waals surface area contributed by atoms with Crippen LogP contribution in [0.5, 0.6) is 5.75 Å². The van der Waals surface area contributed by atoms with Crippen molar-refractivity contribution in [2.75, 3.05) is 14.2 Å². The number of aliphatic imine (C=N–C) groups is 1. The third-order valence-electron chi connectivity index (χ3n) is 3.84. The molecule has 3 aromatic rings. The van der Waals surface area contributed by atoms with Gasteiger partial charge in [-0.25, -0.2) is 0 Å². The summed E-state index contributed by atoms with van der Waals surface area (Å²) in [6.45, 7) is 0.926. The van der Waals surface area contributed by atoms with E-state index in [0.29, 0.717) is 35.8 Å². The van der Waals surface area contributed by atoms with Gasteiger partial charge < -0.3 is 19.9 Å². The fraction of sp³-hybridized carbons (Fsp3) is 0.211. The smallest absolute Gasteiger partial charge is 0.246 e. The van der Waals surface area contributed by atoms with E-state index in [0.717, 1.165) is 16.9 Å². The van der Waals surface area contributed by atoms with Gasteiger partial charge in [-0.1, -0.05) is 35.0 Å². The van der Waals surface area contributed by atoms with Crippen LogP contribution in [0.3, 0.4) is 0 Å².